The molecule has 2 aliphatic rings. The van der Waals surface area contributed by atoms with Crippen molar-refractivity contribution < 1.29 is 14.7 Å². The van der Waals surface area contributed by atoms with Gasteiger partial charge in [0.05, 0.1) is 5.97 Å². The van der Waals surface area contributed by atoms with Crippen LogP contribution >= 0.6 is 0 Å². The predicted octanol–water partition coefficient (Wildman–Crippen LogP) is 1.02. The zero-order valence-corrected chi connectivity index (χ0v) is 9.66. The average Bonchev–Trinajstić information content (AvgIpc) is 2.63. The van der Waals surface area contributed by atoms with Crippen molar-refractivity contribution in [1.29, 1.82) is 0 Å². The zero-order chi connectivity index (χ0) is 11.8. The lowest BCUT2D eigenvalue weighted by molar-refractivity contribution is -0.294. The quantitative estimate of drug-likeness (QED) is 0.655. The van der Waals surface area contributed by atoms with Crippen molar-refractivity contribution in [3.05, 3.63) is 11.6 Å². The Morgan fingerprint density at radius 2 is 2.44 bits per heavy atom. The number of carbonyl (C=O) groups is 1. The molecule has 0 radical (unpaired) electrons. The van der Waals surface area contributed by atoms with Crippen LogP contribution in [0.15, 0.2) is 16.8 Å². The molecule has 1 aliphatic carbocycles. The Morgan fingerprint density at radius 1 is 1.69 bits per heavy atom. The van der Waals surface area contributed by atoms with Crippen molar-refractivity contribution in [1.82, 2.24) is 0 Å². The number of nitrogens with zero attached hydrogens (tertiary/aromatic N) is 1. The number of hydrogen-bond acceptors (Lipinski definition) is 4. The molecule has 1 heterocycles. The van der Waals surface area contributed by atoms with E-state index >= 15 is 0 Å². The summed E-state index contributed by atoms with van der Waals surface area (Å²) in [6.07, 6.45) is 5.60. The van der Waals surface area contributed by atoms with Crippen LogP contribution in [0.25, 0.3) is 0 Å². The van der Waals surface area contributed by atoms with Crippen LogP contribution in [-0.2, 0) is 9.63 Å². The molecule has 2 atom stereocenters. The Hall–Kier alpha value is -1.32. The van der Waals surface area contributed by atoms with Gasteiger partial charge in [0.25, 0.3) is 0 Å². The summed E-state index contributed by atoms with van der Waals surface area (Å²) in [5, 5.41) is 14.3. The van der Waals surface area contributed by atoms with E-state index in [9.17, 15) is 9.90 Å². The lowest BCUT2D eigenvalue weighted by Gasteiger charge is -2.33. The van der Waals surface area contributed by atoms with E-state index < -0.39 is 11.6 Å². The third-order valence-corrected chi connectivity index (χ3v) is 3.62. The number of allylic oxidation sites excluding steroid dienone is 2. The molecule has 4 heteroatoms. The van der Waals surface area contributed by atoms with Gasteiger partial charge in [-0.3, -0.25) is 0 Å². The number of hydrogen-bond donors (Lipinski definition) is 0. The molecule has 88 valence electrons. The van der Waals surface area contributed by atoms with Gasteiger partial charge in [-0.1, -0.05) is 16.8 Å². The standard InChI is InChI=1S/C12H17NO3/c1-8-3-5-9(6-4-8)12(2)7-10(11(14)15)13-16-12/h3,9H,4-7H2,1-2H3,(H,14,15)/p-1/t9-,12?/m1/s1. The summed E-state index contributed by atoms with van der Waals surface area (Å²) >= 11 is 0. The van der Waals surface area contributed by atoms with Gasteiger partial charge in [-0.2, -0.15) is 0 Å². The van der Waals surface area contributed by atoms with Crippen LogP contribution in [0.4, 0.5) is 0 Å². The summed E-state index contributed by atoms with van der Waals surface area (Å²) in [5.41, 5.74) is 0.972. The maximum atomic E-state index is 10.7. The van der Waals surface area contributed by atoms with Crippen molar-refractivity contribution in [2.75, 3.05) is 0 Å². The molecular weight excluding hydrogens is 206 g/mol. The van der Waals surface area contributed by atoms with Crippen LogP contribution in [0, 0.1) is 5.92 Å². The van der Waals surface area contributed by atoms with Gasteiger partial charge in [0, 0.05) is 12.3 Å². The molecule has 0 saturated heterocycles. The number of rotatable bonds is 2. The maximum absolute atomic E-state index is 10.7. The van der Waals surface area contributed by atoms with Crippen molar-refractivity contribution in [2.45, 2.75) is 45.1 Å². The highest BCUT2D eigenvalue weighted by Gasteiger charge is 2.42. The van der Waals surface area contributed by atoms with Gasteiger partial charge in [0.1, 0.15) is 11.3 Å². The smallest absolute Gasteiger partial charge is 0.143 e. The van der Waals surface area contributed by atoms with Crippen LogP contribution in [0.5, 0.6) is 0 Å². The van der Waals surface area contributed by atoms with Crippen LogP contribution in [0.1, 0.15) is 39.5 Å². The monoisotopic (exact) mass is 222 g/mol. The summed E-state index contributed by atoms with van der Waals surface area (Å²) in [6.45, 7) is 4.06. The van der Waals surface area contributed by atoms with Gasteiger partial charge in [-0.05, 0) is 33.1 Å². The van der Waals surface area contributed by atoms with Crippen molar-refractivity contribution in [3.8, 4) is 0 Å². The first-order valence-corrected chi connectivity index (χ1v) is 5.63. The molecule has 0 bridgehead atoms. The minimum absolute atomic E-state index is 0.0359. The molecule has 0 aromatic carbocycles. The third-order valence-electron chi connectivity index (χ3n) is 3.62. The highest BCUT2D eigenvalue weighted by molar-refractivity contribution is 6.35. The first-order chi connectivity index (χ1) is 7.51. The molecule has 1 aliphatic heterocycles. The molecule has 1 unspecified atom stereocenters. The fraction of sp³-hybridized carbons (Fsp3) is 0.667. The lowest BCUT2D eigenvalue weighted by Crippen LogP contribution is -2.39. The predicted molar refractivity (Wildman–Crippen MR) is 57.6 cm³/mol. The number of oxime groups is 1. The van der Waals surface area contributed by atoms with E-state index in [1.165, 1.54) is 5.57 Å². The van der Waals surface area contributed by atoms with Crippen LogP contribution in [0.2, 0.25) is 0 Å². The third kappa shape index (κ3) is 1.96. The number of aliphatic carboxylic acids is 1. The lowest BCUT2D eigenvalue weighted by atomic mass is 9.76. The second kappa shape index (κ2) is 3.92. The normalized spacial score (nSPS) is 34.0. The molecule has 0 aromatic heterocycles. The highest BCUT2D eigenvalue weighted by atomic mass is 16.7. The summed E-state index contributed by atoms with van der Waals surface area (Å²) in [5.74, 6) is -0.872. The Kier molecular flexibility index (Phi) is 2.74. The van der Waals surface area contributed by atoms with E-state index in [4.69, 9.17) is 4.84 Å². The molecule has 2 rings (SSSR count). The van der Waals surface area contributed by atoms with Gasteiger partial charge >= 0.3 is 0 Å². The van der Waals surface area contributed by atoms with Crippen molar-refractivity contribution in [3.63, 3.8) is 0 Å². The van der Waals surface area contributed by atoms with E-state index in [0.29, 0.717) is 12.3 Å². The molecule has 0 amide bonds. The Morgan fingerprint density at radius 3 is 2.94 bits per heavy atom. The zero-order valence-electron chi connectivity index (χ0n) is 9.66. The van der Waals surface area contributed by atoms with E-state index in [1.807, 2.05) is 6.92 Å². The molecular formula is C12H16NO3-. The van der Waals surface area contributed by atoms with E-state index in [2.05, 4.69) is 18.2 Å². The molecule has 0 saturated carbocycles. The van der Waals surface area contributed by atoms with Gasteiger partial charge in [0.15, 0.2) is 0 Å². The van der Waals surface area contributed by atoms with Crippen LogP contribution in [0.3, 0.4) is 0 Å². The minimum Gasteiger partial charge on any atom is -0.543 e. The Labute approximate surface area is 95.0 Å². The van der Waals surface area contributed by atoms with Crippen molar-refractivity contribution in [2.24, 2.45) is 11.1 Å². The molecule has 0 fully saturated rings. The van der Waals surface area contributed by atoms with Gasteiger partial charge in [-0.15, -0.1) is 0 Å². The van der Waals surface area contributed by atoms with Crippen molar-refractivity contribution >= 4 is 11.7 Å². The van der Waals surface area contributed by atoms with Gasteiger partial charge in [0.2, 0.25) is 0 Å². The second-order valence-corrected chi connectivity index (χ2v) is 4.93. The molecule has 4 nitrogen and oxygen atoms in total. The second-order valence-electron chi connectivity index (χ2n) is 4.93. The summed E-state index contributed by atoms with van der Waals surface area (Å²) < 4.78 is 0. The van der Waals surface area contributed by atoms with E-state index in [1.54, 1.807) is 0 Å². The topological polar surface area (TPSA) is 61.7 Å². The first kappa shape index (κ1) is 11.2. The van der Waals surface area contributed by atoms with Crippen LogP contribution in [-0.4, -0.2) is 17.3 Å². The fourth-order valence-electron chi connectivity index (χ4n) is 2.40. The average molecular weight is 222 g/mol. The Balaban J connectivity index is 2.04. The van der Waals surface area contributed by atoms with Gasteiger partial charge < -0.3 is 14.7 Å². The molecule has 0 spiro atoms. The van der Waals surface area contributed by atoms with Gasteiger partial charge in [-0.25, -0.2) is 0 Å². The van der Waals surface area contributed by atoms with E-state index in [0.717, 1.165) is 19.3 Å². The first-order valence-electron chi connectivity index (χ1n) is 5.63. The molecule has 0 N–H and O–H groups in total. The minimum atomic E-state index is -1.22. The largest absolute Gasteiger partial charge is 0.543 e. The summed E-state index contributed by atoms with van der Waals surface area (Å²) in [4.78, 5) is 16.0. The number of carboxylic acids is 1. The number of carbonyl (C=O) groups excluding carboxylic acids is 1. The maximum Gasteiger partial charge on any atom is 0.143 e. The summed E-state index contributed by atoms with van der Waals surface area (Å²) in [7, 11) is 0. The van der Waals surface area contributed by atoms with Crippen LogP contribution < -0.4 is 5.11 Å². The summed E-state index contributed by atoms with van der Waals surface area (Å²) in [6, 6.07) is 0. The highest BCUT2D eigenvalue weighted by Crippen LogP contribution is 2.39. The SMILES string of the molecule is CC1=CC[C@@H](C2(C)CC(C(=O)[O-])=NO2)CC1. The van der Waals surface area contributed by atoms with E-state index in [-0.39, 0.29) is 5.71 Å². The number of carboxylic acid groups (broad SMARTS) is 1. The Bertz CT molecular complexity index is 372. The molecule has 16 heavy (non-hydrogen) atoms. The fourth-order valence-corrected chi connectivity index (χ4v) is 2.40. The molecule has 0 aromatic rings.